The Morgan fingerprint density at radius 3 is 2.21 bits per heavy atom. The molecule has 0 atom stereocenters. The molecule has 0 spiro atoms. The second-order valence-electron chi connectivity index (χ2n) is 5.90. The van der Waals surface area contributed by atoms with Gasteiger partial charge in [-0.2, -0.15) is 0 Å². The van der Waals surface area contributed by atoms with E-state index in [1.54, 1.807) is 26.8 Å². The van der Waals surface area contributed by atoms with Crippen LogP contribution in [0.2, 0.25) is 0 Å². The normalized spacial score (nSPS) is 12.5. The summed E-state index contributed by atoms with van der Waals surface area (Å²) in [4.78, 5) is 23.4. The van der Waals surface area contributed by atoms with Gasteiger partial charge in [-0.25, -0.2) is 4.79 Å². The van der Waals surface area contributed by atoms with E-state index in [1.807, 2.05) is 20.8 Å². The first-order valence-electron chi connectivity index (χ1n) is 6.73. The second kappa shape index (κ2) is 7.97. The van der Waals surface area contributed by atoms with Crippen molar-refractivity contribution in [2.75, 3.05) is 6.61 Å². The minimum Gasteiger partial charge on any atom is -0.461 e. The average Bonchev–Trinajstić information content (AvgIpc) is 2.20. The van der Waals surface area contributed by atoms with Gasteiger partial charge in [0.1, 0.15) is 12.2 Å². The highest BCUT2D eigenvalue weighted by atomic mass is 16.6. The number of rotatable bonds is 6. The van der Waals surface area contributed by atoms with E-state index < -0.39 is 11.6 Å². The van der Waals surface area contributed by atoms with Crippen LogP contribution in [0.5, 0.6) is 0 Å². The Hall–Kier alpha value is -1.32. The molecule has 19 heavy (non-hydrogen) atoms. The summed E-state index contributed by atoms with van der Waals surface area (Å²) in [6.07, 6.45) is 2.78. The van der Waals surface area contributed by atoms with Crippen LogP contribution in [0.3, 0.4) is 0 Å². The fourth-order valence-corrected chi connectivity index (χ4v) is 1.34. The molecule has 0 radical (unpaired) electrons. The van der Waals surface area contributed by atoms with Gasteiger partial charge in [-0.05, 0) is 33.1 Å². The lowest BCUT2D eigenvalue weighted by atomic mass is 10.1. The van der Waals surface area contributed by atoms with Gasteiger partial charge in [0.2, 0.25) is 0 Å². The molecule has 0 amide bonds. The summed E-state index contributed by atoms with van der Waals surface area (Å²) < 4.78 is 10.4. The van der Waals surface area contributed by atoms with Crippen LogP contribution in [0.25, 0.3) is 0 Å². The molecule has 0 bridgehead atoms. The number of hydrogen-bond acceptors (Lipinski definition) is 4. The van der Waals surface area contributed by atoms with Gasteiger partial charge in [-0.15, -0.1) is 0 Å². The second-order valence-corrected chi connectivity index (χ2v) is 5.90. The van der Waals surface area contributed by atoms with Crippen LogP contribution in [0.1, 0.15) is 54.4 Å². The summed E-state index contributed by atoms with van der Waals surface area (Å²) in [7, 11) is 0. The smallest absolute Gasteiger partial charge is 0.337 e. The molecule has 0 rings (SSSR count). The first-order valence-corrected chi connectivity index (χ1v) is 6.73. The van der Waals surface area contributed by atoms with Crippen LogP contribution in [0, 0.1) is 5.92 Å². The van der Waals surface area contributed by atoms with Crippen LogP contribution in [-0.2, 0) is 19.1 Å². The Balaban J connectivity index is 4.47. The Bertz CT molecular complexity index is 335. The lowest BCUT2D eigenvalue weighted by Crippen LogP contribution is -2.26. The van der Waals surface area contributed by atoms with Gasteiger partial charge in [0.15, 0.2) is 0 Å². The SMILES string of the molecule is CCC=C(COC(=O)CC(C)C)C(=O)OC(C)(C)C. The molecule has 0 fully saturated rings. The van der Waals surface area contributed by atoms with E-state index in [1.165, 1.54) is 0 Å². The predicted octanol–water partition coefficient (Wildman–Crippen LogP) is 3.25. The van der Waals surface area contributed by atoms with Crippen LogP contribution >= 0.6 is 0 Å². The molecule has 0 heterocycles. The maximum atomic E-state index is 11.9. The summed E-state index contributed by atoms with van der Waals surface area (Å²) in [6, 6.07) is 0. The molecular weight excluding hydrogens is 244 g/mol. The molecule has 0 aliphatic heterocycles. The van der Waals surface area contributed by atoms with Gasteiger partial charge in [0, 0.05) is 6.42 Å². The van der Waals surface area contributed by atoms with E-state index in [0.717, 1.165) is 0 Å². The Kier molecular flexibility index (Phi) is 7.42. The molecule has 0 aromatic carbocycles. The highest BCUT2D eigenvalue weighted by Crippen LogP contribution is 2.12. The first kappa shape index (κ1) is 17.7. The number of esters is 2. The molecular formula is C15H26O4. The summed E-state index contributed by atoms with van der Waals surface area (Å²) in [6.45, 7) is 11.2. The van der Waals surface area contributed by atoms with Crippen molar-refractivity contribution in [3.63, 3.8) is 0 Å². The number of hydrogen-bond donors (Lipinski definition) is 0. The van der Waals surface area contributed by atoms with Crippen LogP contribution in [0.15, 0.2) is 11.6 Å². The minimum atomic E-state index is -0.550. The molecule has 4 nitrogen and oxygen atoms in total. The van der Waals surface area contributed by atoms with Gasteiger partial charge in [-0.3, -0.25) is 4.79 Å². The topological polar surface area (TPSA) is 52.6 Å². The van der Waals surface area contributed by atoms with Gasteiger partial charge in [0.05, 0.1) is 5.57 Å². The van der Waals surface area contributed by atoms with Gasteiger partial charge < -0.3 is 9.47 Å². The van der Waals surface area contributed by atoms with Crippen molar-refractivity contribution in [1.82, 2.24) is 0 Å². The fourth-order valence-electron chi connectivity index (χ4n) is 1.34. The van der Waals surface area contributed by atoms with Crippen molar-refractivity contribution in [2.24, 2.45) is 5.92 Å². The zero-order valence-electron chi connectivity index (χ0n) is 12.9. The number of allylic oxidation sites excluding steroid dienone is 1. The summed E-state index contributed by atoms with van der Waals surface area (Å²) in [5, 5.41) is 0. The summed E-state index contributed by atoms with van der Waals surface area (Å²) in [5.41, 5.74) is -0.152. The maximum Gasteiger partial charge on any atom is 0.337 e. The van der Waals surface area contributed by atoms with E-state index in [0.29, 0.717) is 18.4 Å². The molecule has 0 saturated heterocycles. The highest BCUT2D eigenvalue weighted by Gasteiger charge is 2.20. The summed E-state index contributed by atoms with van der Waals surface area (Å²) in [5.74, 6) is -0.472. The fraction of sp³-hybridized carbons (Fsp3) is 0.733. The molecule has 0 aromatic heterocycles. The van der Waals surface area contributed by atoms with Crippen molar-refractivity contribution in [1.29, 1.82) is 0 Å². The zero-order chi connectivity index (χ0) is 15.1. The van der Waals surface area contributed by atoms with Crippen molar-refractivity contribution in [3.8, 4) is 0 Å². The van der Waals surface area contributed by atoms with Crippen molar-refractivity contribution in [3.05, 3.63) is 11.6 Å². The lowest BCUT2D eigenvalue weighted by Gasteiger charge is -2.20. The van der Waals surface area contributed by atoms with Crippen molar-refractivity contribution >= 4 is 11.9 Å². The molecule has 0 saturated carbocycles. The Labute approximate surface area is 116 Å². The molecule has 4 heteroatoms. The third-order valence-electron chi connectivity index (χ3n) is 2.08. The van der Waals surface area contributed by atoms with Crippen LogP contribution in [0.4, 0.5) is 0 Å². The van der Waals surface area contributed by atoms with Crippen LogP contribution in [-0.4, -0.2) is 24.1 Å². The third-order valence-corrected chi connectivity index (χ3v) is 2.08. The molecule has 0 unspecified atom stereocenters. The van der Waals surface area contributed by atoms with Crippen molar-refractivity contribution < 1.29 is 19.1 Å². The average molecular weight is 270 g/mol. The van der Waals surface area contributed by atoms with E-state index >= 15 is 0 Å². The van der Waals surface area contributed by atoms with Crippen molar-refractivity contribution in [2.45, 2.75) is 60.0 Å². The quantitative estimate of drug-likeness (QED) is 0.549. The molecule has 0 aliphatic carbocycles. The van der Waals surface area contributed by atoms with E-state index in [-0.39, 0.29) is 18.5 Å². The lowest BCUT2D eigenvalue weighted by molar-refractivity contribution is -0.151. The minimum absolute atomic E-state index is 0.0195. The van der Waals surface area contributed by atoms with Gasteiger partial charge in [-0.1, -0.05) is 26.8 Å². The third kappa shape index (κ3) is 9.28. The number of ether oxygens (including phenoxy) is 2. The molecule has 110 valence electrons. The van der Waals surface area contributed by atoms with E-state index in [2.05, 4.69) is 0 Å². The van der Waals surface area contributed by atoms with E-state index in [4.69, 9.17) is 9.47 Å². The highest BCUT2D eigenvalue weighted by molar-refractivity contribution is 5.89. The Morgan fingerprint density at radius 2 is 1.79 bits per heavy atom. The largest absolute Gasteiger partial charge is 0.461 e. The summed E-state index contributed by atoms with van der Waals surface area (Å²) >= 11 is 0. The predicted molar refractivity (Wildman–Crippen MR) is 74.6 cm³/mol. The Morgan fingerprint density at radius 1 is 1.21 bits per heavy atom. The maximum absolute atomic E-state index is 11.9. The van der Waals surface area contributed by atoms with Crippen LogP contribution < -0.4 is 0 Å². The number of carbonyl (C=O) groups is 2. The molecule has 0 aliphatic rings. The monoisotopic (exact) mass is 270 g/mol. The van der Waals surface area contributed by atoms with Gasteiger partial charge >= 0.3 is 11.9 Å². The van der Waals surface area contributed by atoms with E-state index in [9.17, 15) is 9.59 Å². The number of carbonyl (C=O) groups excluding carboxylic acids is 2. The molecule has 0 N–H and O–H groups in total. The standard InChI is InChI=1S/C15H26O4/c1-7-8-12(14(17)19-15(4,5)6)10-18-13(16)9-11(2)3/h8,11H,7,9-10H2,1-6H3. The zero-order valence-corrected chi connectivity index (χ0v) is 12.9. The van der Waals surface area contributed by atoms with Gasteiger partial charge in [0.25, 0.3) is 0 Å². The first-order chi connectivity index (χ1) is 8.65. The molecule has 0 aromatic rings.